The van der Waals surface area contributed by atoms with Crippen LogP contribution >= 0.6 is 0 Å². The van der Waals surface area contributed by atoms with Crippen molar-refractivity contribution in [2.45, 2.75) is 38.8 Å². The molecule has 2 heterocycles. The predicted octanol–water partition coefficient (Wildman–Crippen LogP) is 2.44. The van der Waals surface area contributed by atoms with Gasteiger partial charge in [0.15, 0.2) is 0 Å². The Balaban J connectivity index is 1.56. The average molecular weight is 299 g/mol. The molecule has 1 fully saturated rings. The number of aryl methyl sites for hydroxylation is 2. The summed E-state index contributed by atoms with van der Waals surface area (Å²) in [5.74, 6) is 1.00. The number of hydrogen-bond donors (Lipinski definition) is 1. The summed E-state index contributed by atoms with van der Waals surface area (Å²) in [6.45, 7) is 6.57. The molecule has 1 N–H and O–H groups in total. The van der Waals surface area contributed by atoms with Gasteiger partial charge in [0.25, 0.3) is 0 Å². The zero-order valence-electron chi connectivity index (χ0n) is 13.7. The molecule has 118 valence electrons. The largest absolute Gasteiger partial charge is 0.371 e. The zero-order valence-corrected chi connectivity index (χ0v) is 13.7. The fourth-order valence-electron chi connectivity index (χ4n) is 3.33. The highest BCUT2D eigenvalue weighted by Crippen LogP contribution is 2.24. The molecule has 1 aliphatic heterocycles. The van der Waals surface area contributed by atoms with E-state index in [1.54, 1.807) is 6.33 Å². The monoisotopic (exact) mass is 299 g/mol. The molecular weight excluding hydrogens is 274 g/mol. The highest BCUT2D eigenvalue weighted by atomic mass is 15.3. The quantitative estimate of drug-likeness (QED) is 0.942. The van der Waals surface area contributed by atoms with Crippen LogP contribution in [0.2, 0.25) is 0 Å². The van der Waals surface area contributed by atoms with Crippen LogP contribution in [0.15, 0.2) is 30.6 Å². The minimum atomic E-state index is 0.238. The predicted molar refractivity (Wildman–Crippen MR) is 89.0 cm³/mol. The second kappa shape index (κ2) is 6.48. The third-order valence-electron chi connectivity index (χ3n) is 4.57. The molecule has 0 unspecified atom stereocenters. The van der Waals surface area contributed by atoms with Crippen LogP contribution in [0.5, 0.6) is 0 Å². The summed E-state index contributed by atoms with van der Waals surface area (Å²) >= 11 is 0. The van der Waals surface area contributed by atoms with Gasteiger partial charge in [0.2, 0.25) is 0 Å². The summed E-state index contributed by atoms with van der Waals surface area (Å²) in [5, 5.41) is 7.85. The van der Waals surface area contributed by atoms with Crippen LogP contribution in [0.25, 0.3) is 0 Å². The third-order valence-corrected chi connectivity index (χ3v) is 4.57. The van der Waals surface area contributed by atoms with Crippen LogP contribution in [0.4, 0.5) is 5.69 Å². The van der Waals surface area contributed by atoms with Crippen molar-refractivity contribution in [3.63, 3.8) is 0 Å². The molecule has 0 bridgehead atoms. The number of nitrogens with one attached hydrogen (secondary N) is 1. The molecule has 0 amide bonds. The first-order valence-electron chi connectivity index (χ1n) is 8.05. The van der Waals surface area contributed by atoms with Gasteiger partial charge < -0.3 is 10.2 Å². The Labute approximate surface area is 132 Å². The normalized spacial score (nSPS) is 17.7. The molecule has 1 atom stereocenters. The maximum absolute atomic E-state index is 4.33. The van der Waals surface area contributed by atoms with E-state index < -0.39 is 0 Å². The molecule has 0 spiro atoms. The smallest absolute Gasteiger partial charge is 0.143 e. The molecule has 1 aromatic heterocycles. The maximum Gasteiger partial charge on any atom is 0.143 e. The molecule has 1 aliphatic rings. The minimum Gasteiger partial charge on any atom is -0.371 e. The van der Waals surface area contributed by atoms with Crippen LogP contribution in [0, 0.1) is 6.92 Å². The number of nitrogens with zero attached hydrogens (tertiary/aromatic N) is 4. The van der Waals surface area contributed by atoms with Gasteiger partial charge in [-0.05, 0) is 38.3 Å². The van der Waals surface area contributed by atoms with Crippen LogP contribution in [-0.4, -0.2) is 33.9 Å². The SMILES string of the molecule is Cc1ccccc1N1CCC(N[C@@H](C)c2ncnn2C)CC1. The summed E-state index contributed by atoms with van der Waals surface area (Å²) in [4.78, 5) is 6.83. The van der Waals surface area contributed by atoms with E-state index in [1.807, 2.05) is 11.7 Å². The Bertz CT molecular complexity index is 613. The molecule has 0 radical (unpaired) electrons. The van der Waals surface area contributed by atoms with Crippen molar-refractivity contribution in [2.75, 3.05) is 18.0 Å². The fourth-order valence-corrected chi connectivity index (χ4v) is 3.33. The Morgan fingerprint density at radius 1 is 1.23 bits per heavy atom. The lowest BCUT2D eigenvalue weighted by molar-refractivity contribution is 0.368. The van der Waals surface area contributed by atoms with E-state index in [4.69, 9.17) is 0 Å². The standard InChI is InChI=1S/C17H25N5/c1-13-6-4-5-7-16(13)22-10-8-15(9-11-22)20-14(2)17-18-12-19-21(17)3/h4-7,12,14-15,20H,8-11H2,1-3H3/t14-/m0/s1. The molecule has 1 saturated heterocycles. The van der Waals surface area contributed by atoms with Crippen molar-refractivity contribution < 1.29 is 0 Å². The van der Waals surface area contributed by atoms with Gasteiger partial charge in [-0.25, -0.2) is 4.98 Å². The zero-order chi connectivity index (χ0) is 15.5. The van der Waals surface area contributed by atoms with Crippen LogP contribution in [0.3, 0.4) is 0 Å². The second-order valence-electron chi connectivity index (χ2n) is 6.18. The topological polar surface area (TPSA) is 46.0 Å². The first-order valence-corrected chi connectivity index (χ1v) is 8.05. The molecule has 0 aliphatic carbocycles. The van der Waals surface area contributed by atoms with Gasteiger partial charge in [-0.2, -0.15) is 5.10 Å². The Morgan fingerprint density at radius 2 is 1.95 bits per heavy atom. The van der Waals surface area contributed by atoms with E-state index in [0.717, 1.165) is 31.8 Å². The van der Waals surface area contributed by atoms with Gasteiger partial charge in [-0.1, -0.05) is 18.2 Å². The number of piperidine rings is 1. The van der Waals surface area contributed by atoms with Crippen LogP contribution < -0.4 is 10.2 Å². The van der Waals surface area contributed by atoms with Crippen molar-refractivity contribution in [1.82, 2.24) is 20.1 Å². The van der Waals surface area contributed by atoms with Gasteiger partial charge in [0.1, 0.15) is 12.2 Å². The lowest BCUT2D eigenvalue weighted by Gasteiger charge is -2.35. The Kier molecular flexibility index (Phi) is 4.43. The van der Waals surface area contributed by atoms with E-state index >= 15 is 0 Å². The number of rotatable bonds is 4. The van der Waals surface area contributed by atoms with Gasteiger partial charge in [-0.15, -0.1) is 0 Å². The van der Waals surface area contributed by atoms with Crippen LogP contribution in [-0.2, 0) is 7.05 Å². The molecule has 5 heteroatoms. The number of aromatic nitrogens is 3. The molecule has 5 nitrogen and oxygen atoms in total. The van der Waals surface area contributed by atoms with E-state index in [2.05, 4.69) is 58.4 Å². The number of para-hydroxylation sites is 1. The summed E-state index contributed by atoms with van der Waals surface area (Å²) in [6, 6.07) is 9.44. The lowest BCUT2D eigenvalue weighted by atomic mass is 10.0. The van der Waals surface area contributed by atoms with Crippen molar-refractivity contribution in [3.8, 4) is 0 Å². The maximum atomic E-state index is 4.33. The van der Waals surface area contributed by atoms with Crippen molar-refractivity contribution in [1.29, 1.82) is 0 Å². The first kappa shape index (κ1) is 15.0. The molecular formula is C17H25N5. The molecule has 0 saturated carbocycles. The summed E-state index contributed by atoms with van der Waals surface area (Å²) in [6.07, 6.45) is 3.95. The van der Waals surface area contributed by atoms with E-state index in [-0.39, 0.29) is 6.04 Å². The van der Waals surface area contributed by atoms with Gasteiger partial charge in [0.05, 0.1) is 6.04 Å². The third kappa shape index (κ3) is 3.14. The van der Waals surface area contributed by atoms with Crippen LogP contribution in [0.1, 0.15) is 37.2 Å². The molecule has 2 aromatic rings. The molecule has 22 heavy (non-hydrogen) atoms. The van der Waals surface area contributed by atoms with Crippen molar-refractivity contribution in [3.05, 3.63) is 42.0 Å². The summed E-state index contributed by atoms with van der Waals surface area (Å²) < 4.78 is 1.85. The van der Waals surface area contributed by atoms with E-state index in [0.29, 0.717) is 6.04 Å². The van der Waals surface area contributed by atoms with E-state index in [1.165, 1.54) is 11.3 Å². The molecule has 3 rings (SSSR count). The average Bonchev–Trinajstić information content (AvgIpc) is 2.95. The minimum absolute atomic E-state index is 0.238. The Morgan fingerprint density at radius 3 is 2.59 bits per heavy atom. The summed E-state index contributed by atoms with van der Waals surface area (Å²) in [5.41, 5.74) is 2.74. The summed E-state index contributed by atoms with van der Waals surface area (Å²) in [7, 11) is 1.95. The first-order chi connectivity index (χ1) is 10.6. The number of anilines is 1. The van der Waals surface area contributed by atoms with Crippen molar-refractivity contribution in [2.24, 2.45) is 7.05 Å². The van der Waals surface area contributed by atoms with E-state index in [9.17, 15) is 0 Å². The van der Waals surface area contributed by atoms with Gasteiger partial charge in [-0.3, -0.25) is 4.68 Å². The number of hydrogen-bond acceptors (Lipinski definition) is 4. The Hall–Kier alpha value is -1.88. The molecule has 1 aromatic carbocycles. The fraction of sp³-hybridized carbons (Fsp3) is 0.529. The van der Waals surface area contributed by atoms with Gasteiger partial charge >= 0.3 is 0 Å². The highest BCUT2D eigenvalue weighted by molar-refractivity contribution is 5.53. The highest BCUT2D eigenvalue weighted by Gasteiger charge is 2.22. The number of benzene rings is 1. The lowest BCUT2D eigenvalue weighted by Crippen LogP contribution is -2.43. The second-order valence-corrected chi connectivity index (χ2v) is 6.18. The van der Waals surface area contributed by atoms with Crippen molar-refractivity contribution >= 4 is 5.69 Å². The van der Waals surface area contributed by atoms with Gasteiger partial charge in [0, 0.05) is 31.9 Å².